The Labute approximate surface area is 114 Å². The van der Waals surface area contributed by atoms with Crippen molar-refractivity contribution < 1.29 is 23.0 Å². The summed E-state index contributed by atoms with van der Waals surface area (Å²) in [6, 6.07) is 1.83. The summed E-state index contributed by atoms with van der Waals surface area (Å²) in [6.45, 7) is 0.849. The zero-order valence-corrected chi connectivity index (χ0v) is 10.7. The van der Waals surface area contributed by atoms with Crippen LogP contribution in [0.4, 0.5) is 19.0 Å². The van der Waals surface area contributed by atoms with Crippen molar-refractivity contribution in [3.63, 3.8) is 0 Å². The summed E-state index contributed by atoms with van der Waals surface area (Å²) < 4.78 is 43.5. The highest BCUT2D eigenvalue weighted by atomic mass is 19.4. The number of halogens is 3. The lowest BCUT2D eigenvalue weighted by Gasteiger charge is -2.36. The molecule has 0 aliphatic carbocycles. The monoisotopic (exact) mass is 291 g/mol. The molecular formula is C12H16F3N3O2. The van der Waals surface area contributed by atoms with Gasteiger partial charge in [0.2, 0.25) is 0 Å². The molecule has 3 N–H and O–H groups in total. The third-order valence-corrected chi connectivity index (χ3v) is 3.18. The molecule has 1 aliphatic rings. The lowest BCUT2D eigenvalue weighted by atomic mass is 10.1. The van der Waals surface area contributed by atoms with Gasteiger partial charge in [0.25, 0.3) is 0 Å². The van der Waals surface area contributed by atoms with Gasteiger partial charge >= 0.3 is 6.18 Å². The first-order chi connectivity index (χ1) is 9.47. The van der Waals surface area contributed by atoms with Gasteiger partial charge in [0.05, 0.1) is 25.9 Å². The first-order valence-electron chi connectivity index (χ1n) is 6.19. The van der Waals surface area contributed by atoms with E-state index in [0.717, 1.165) is 6.07 Å². The van der Waals surface area contributed by atoms with E-state index in [1.54, 1.807) is 4.90 Å². The number of aromatic nitrogens is 1. The lowest BCUT2D eigenvalue weighted by molar-refractivity contribution is -0.141. The first-order valence-corrected chi connectivity index (χ1v) is 6.19. The number of aliphatic hydroxyl groups excluding tert-OH is 1. The Morgan fingerprint density at radius 3 is 2.80 bits per heavy atom. The predicted molar refractivity (Wildman–Crippen MR) is 66.2 cm³/mol. The number of nitrogens with zero attached hydrogens (tertiary/aromatic N) is 2. The quantitative estimate of drug-likeness (QED) is 0.860. The van der Waals surface area contributed by atoms with Crippen LogP contribution in [0, 0.1) is 0 Å². The smallest absolute Gasteiger partial charge is 0.394 e. The Bertz CT molecular complexity index is 468. The molecule has 0 aromatic carbocycles. The maximum atomic E-state index is 12.8. The van der Waals surface area contributed by atoms with E-state index in [9.17, 15) is 18.3 Å². The maximum Gasteiger partial charge on any atom is 0.433 e. The van der Waals surface area contributed by atoms with Crippen molar-refractivity contribution in [3.05, 3.63) is 23.4 Å². The first kappa shape index (κ1) is 15.0. The molecule has 5 nitrogen and oxygen atoms in total. The van der Waals surface area contributed by atoms with Crippen molar-refractivity contribution >= 4 is 5.82 Å². The fourth-order valence-corrected chi connectivity index (χ4v) is 2.13. The fourth-order valence-electron chi connectivity index (χ4n) is 2.13. The molecule has 0 bridgehead atoms. The van der Waals surface area contributed by atoms with Crippen molar-refractivity contribution in [2.45, 2.75) is 18.8 Å². The van der Waals surface area contributed by atoms with Crippen LogP contribution in [0.3, 0.4) is 0 Å². The molecular weight excluding hydrogens is 275 g/mol. The largest absolute Gasteiger partial charge is 0.433 e. The molecule has 0 saturated carbocycles. The number of hydrogen-bond donors (Lipinski definition) is 2. The van der Waals surface area contributed by atoms with Gasteiger partial charge in [-0.15, -0.1) is 0 Å². The normalized spacial score (nSPS) is 20.2. The van der Waals surface area contributed by atoms with E-state index in [2.05, 4.69) is 4.98 Å². The summed E-state index contributed by atoms with van der Waals surface area (Å²) in [6.07, 6.45) is -4.51. The third-order valence-electron chi connectivity index (χ3n) is 3.18. The highest BCUT2D eigenvalue weighted by molar-refractivity contribution is 5.49. The summed E-state index contributed by atoms with van der Waals surface area (Å²) >= 11 is 0. The molecule has 1 atom stereocenters. The Morgan fingerprint density at radius 2 is 2.20 bits per heavy atom. The highest BCUT2D eigenvalue weighted by Gasteiger charge is 2.34. The van der Waals surface area contributed by atoms with Crippen molar-refractivity contribution in [2.24, 2.45) is 5.73 Å². The minimum absolute atomic E-state index is 0.0793. The molecule has 20 heavy (non-hydrogen) atoms. The summed E-state index contributed by atoms with van der Waals surface area (Å²) in [5.74, 6) is 0.171. The lowest BCUT2D eigenvalue weighted by Crippen LogP contribution is -2.48. The van der Waals surface area contributed by atoms with Gasteiger partial charge in [-0.2, -0.15) is 13.2 Å². The summed E-state index contributed by atoms with van der Waals surface area (Å²) in [5.41, 5.74) is 5.11. The summed E-state index contributed by atoms with van der Waals surface area (Å²) in [5, 5.41) is 9.31. The van der Waals surface area contributed by atoms with Crippen LogP contribution in [0.1, 0.15) is 11.3 Å². The molecule has 1 fully saturated rings. The van der Waals surface area contributed by atoms with E-state index in [1.165, 1.54) is 6.07 Å². The van der Waals surface area contributed by atoms with E-state index in [0.29, 0.717) is 18.7 Å². The zero-order chi connectivity index (χ0) is 14.8. The number of rotatable bonds is 3. The van der Waals surface area contributed by atoms with Crippen LogP contribution in [-0.4, -0.2) is 42.5 Å². The second kappa shape index (κ2) is 5.94. The molecule has 0 amide bonds. The SMILES string of the molecule is NCc1ccc(C(F)(F)F)nc1N1CCOCC1CO. The summed E-state index contributed by atoms with van der Waals surface area (Å²) in [7, 11) is 0. The zero-order valence-electron chi connectivity index (χ0n) is 10.7. The minimum Gasteiger partial charge on any atom is -0.394 e. The standard InChI is InChI=1S/C12H16F3N3O2/c13-12(14,15)10-2-1-8(5-16)11(17-10)18-3-4-20-7-9(18)6-19/h1-2,9,19H,3-7,16H2. The Hall–Kier alpha value is -1.38. The topological polar surface area (TPSA) is 71.6 Å². The molecule has 1 aliphatic heterocycles. The van der Waals surface area contributed by atoms with E-state index in [4.69, 9.17) is 10.5 Å². The fraction of sp³-hybridized carbons (Fsp3) is 0.583. The van der Waals surface area contributed by atoms with Crippen LogP contribution in [0.15, 0.2) is 12.1 Å². The van der Waals surface area contributed by atoms with Gasteiger partial charge in [0, 0.05) is 18.7 Å². The highest BCUT2D eigenvalue weighted by Crippen LogP contribution is 2.31. The number of pyridine rings is 1. The third kappa shape index (κ3) is 3.02. The Balaban J connectivity index is 2.41. The minimum atomic E-state index is -4.51. The molecule has 1 aromatic heterocycles. The number of ether oxygens (including phenoxy) is 1. The van der Waals surface area contributed by atoms with Gasteiger partial charge in [0.1, 0.15) is 11.5 Å². The number of hydrogen-bond acceptors (Lipinski definition) is 5. The van der Waals surface area contributed by atoms with Crippen LogP contribution >= 0.6 is 0 Å². The van der Waals surface area contributed by atoms with Gasteiger partial charge in [-0.05, 0) is 6.07 Å². The van der Waals surface area contributed by atoms with Crippen LogP contribution in [-0.2, 0) is 17.5 Å². The average molecular weight is 291 g/mol. The molecule has 1 unspecified atom stereocenters. The molecule has 0 radical (unpaired) electrons. The van der Waals surface area contributed by atoms with E-state index in [-0.39, 0.29) is 25.6 Å². The van der Waals surface area contributed by atoms with Gasteiger partial charge in [-0.3, -0.25) is 0 Å². The van der Waals surface area contributed by atoms with E-state index < -0.39 is 17.9 Å². The van der Waals surface area contributed by atoms with Gasteiger partial charge in [-0.1, -0.05) is 6.07 Å². The number of nitrogens with two attached hydrogens (primary N) is 1. The van der Waals surface area contributed by atoms with Crippen molar-refractivity contribution in [1.82, 2.24) is 4.98 Å². The van der Waals surface area contributed by atoms with Crippen molar-refractivity contribution in [2.75, 3.05) is 31.3 Å². The molecule has 0 spiro atoms. The van der Waals surface area contributed by atoms with Crippen molar-refractivity contribution in [1.29, 1.82) is 0 Å². The molecule has 2 heterocycles. The van der Waals surface area contributed by atoms with Gasteiger partial charge in [-0.25, -0.2) is 4.98 Å². The van der Waals surface area contributed by atoms with Crippen LogP contribution in [0.2, 0.25) is 0 Å². The molecule has 1 saturated heterocycles. The van der Waals surface area contributed by atoms with Crippen LogP contribution in [0.25, 0.3) is 0 Å². The summed E-state index contributed by atoms with van der Waals surface area (Å²) in [4.78, 5) is 5.32. The van der Waals surface area contributed by atoms with Crippen LogP contribution < -0.4 is 10.6 Å². The van der Waals surface area contributed by atoms with Crippen molar-refractivity contribution in [3.8, 4) is 0 Å². The number of morpholine rings is 1. The Kier molecular flexibility index (Phi) is 4.46. The number of aliphatic hydroxyl groups is 1. The molecule has 2 rings (SSSR count). The molecule has 112 valence electrons. The van der Waals surface area contributed by atoms with Gasteiger partial charge < -0.3 is 20.5 Å². The van der Waals surface area contributed by atoms with Gasteiger partial charge in [0.15, 0.2) is 0 Å². The average Bonchev–Trinajstić information content (AvgIpc) is 2.45. The second-order valence-corrected chi connectivity index (χ2v) is 4.49. The molecule has 1 aromatic rings. The second-order valence-electron chi connectivity index (χ2n) is 4.49. The van der Waals surface area contributed by atoms with Crippen LogP contribution in [0.5, 0.6) is 0 Å². The molecule has 8 heteroatoms. The number of anilines is 1. The van der Waals surface area contributed by atoms with E-state index >= 15 is 0 Å². The Morgan fingerprint density at radius 1 is 1.45 bits per heavy atom. The van der Waals surface area contributed by atoms with E-state index in [1.807, 2.05) is 0 Å². The number of alkyl halides is 3. The predicted octanol–water partition coefficient (Wildman–Crippen LogP) is 0.757. The maximum absolute atomic E-state index is 12.8.